The Bertz CT molecular complexity index is 1410. The fourth-order valence-corrected chi connectivity index (χ4v) is 7.47. The molecule has 0 aliphatic heterocycles. The number of unbranched alkanes of at least 4 members (excludes halogenated alkanes) is 24. The second kappa shape index (κ2) is 55.7. The summed E-state index contributed by atoms with van der Waals surface area (Å²) in [5.74, 6) is -0.956. The Kier molecular flexibility index (Phi) is 52.4. The maximum atomic E-state index is 12.8. The minimum atomic E-state index is -0.804. The number of carbonyl (C=O) groups excluding carboxylic acids is 3. The van der Waals surface area contributed by atoms with Crippen molar-refractivity contribution in [3.05, 3.63) is 109 Å². The van der Waals surface area contributed by atoms with E-state index in [2.05, 4.69) is 81.5 Å². The highest BCUT2D eigenvalue weighted by molar-refractivity contribution is 5.71. The van der Waals surface area contributed by atoms with Gasteiger partial charge in [-0.1, -0.05) is 239 Å². The molecular weight excluding hydrogens is 841 g/mol. The molecule has 386 valence electrons. The van der Waals surface area contributed by atoms with Crippen molar-refractivity contribution in [1.82, 2.24) is 0 Å². The zero-order valence-electron chi connectivity index (χ0n) is 44.1. The van der Waals surface area contributed by atoms with Crippen LogP contribution in [0.25, 0.3) is 0 Å². The van der Waals surface area contributed by atoms with Crippen LogP contribution in [0.15, 0.2) is 109 Å². The Morgan fingerprint density at radius 1 is 0.324 bits per heavy atom. The largest absolute Gasteiger partial charge is 0.462 e. The van der Waals surface area contributed by atoms with Crippen LogP contribution < -0.4 is 0 Å². The van der Waals surface area contributed by atoms with Crippen molar-refractivity contribution >= 4 is 17.9 Å². The van der Waals surface area contributed by atoms with Crippen LogP contribution in [0.1, 0.15) is 245 Å². The van der Waals surface area contributed by atoms with Crippen molar-refractivity contribution in [3.63, 3.8) is 0 Å². The number of esters is 3. The first kappa shape index (κ1) is 64.1. The Hall–Kier alpha value is -3.93. The lowest BCUT2D eigenvalue weighted by Crippen LogP contribution is -2.30. The highest BCUT2D eigenvalue weighted by Gasteiger charge is 2.19. The van der Waals surface area contributed by atoms with Crippen molar-refractivity contribution in [2.24, 2.45) is 0 Å². The van der Waals surface area contributed by atoms with Crippen LogP contribution in [0, 0.1) is 0 Å². The molecule has 0 rings (SSSR count). The predicted molar refractivity (Wildman–Crippen MR) is 293 cm³/mol. The minimum absolute atomic E-state index is 0.0995. The molecule has 0 fully saturated rings. The molecule has 0 N–H and O–H groups in total. The summed E-state index contributed by atoms with van der Waals surface area (Å²) in [6, 6.07) is 0. The van der Waals surface area contributed by atoms with E-state index in [4.69, 9.17) is 14.2 Å². The molecule has 0 spiro atoms. The van der Waals surface area contributed by atoms with E-state index in [0.717, 1.165) is 103 Å². The summed E-state index contributed by atoms with van der Waals surface area (Å²) in [5, 5.41) is 0. The smallest absolute Gasteiger partial charge is 0.306 e. The van der Waals surface area contributed by atoms with Gasteiger partial charge in [-0.3, -0.25) is 14.4 Å². The highest BCUT2D eigenvalue weighted by Crippen LogP contribution is 2.14. The van der Waals surface area contributed by atoms with Gasteiger partial charge in [-0.2, -0.15) is 0 Å². The average Bonchev–Trinajstić information content (AvgIpc) is 3.34. The molecule has 0 aromatic heterocycles. The third-order valence-corrected chi connectivity index (χ3v) is 11.6. The van der Waals surface area contributed by atoms with Gasteiger partial charge in [0.2, 0.25) is 0 Å². The molecule has 0 saturated carbocycles. The van der Waals surface area contributed by atoms with E-state index in [1.807, 2.05) is 48.6 Å². The average molecular weight is 943 g/mol. The van der Waals surface area contributed by atoms with Crippen LogP contribution in [0.3, 0.4) is 0 Å². The van der Waals surface area contributed by atoms with Gasteiger partial charge in [0.05, 0.1) is 0 Å². The van der Waals surface area contributed by atoms with Crippen molar-refractivity contribution in [1.29, 1.82) is 0 Å². The van der Waals surface area contributed by atoms with Crippen molar-refractivity contribution in [2.75, 3.05) is 13.2 Å². The number of allylic oxidation sites excluding steroid dienone is 18. The predicted octanol–water partition coefficient (Wildman–Crippen LogP) is 18.7. The molecule has 1 unspecified atom stereocenters. The first-order chi connectivity index (χ1) is 33.5. The lowest BCUT2D eigenvalue weighted by molar-refractivity contribution is -0.167. The van der Waals surface area contributed by atoms with Crippen molar-refractivity contribution < 1.29 is 28.6 Å². The topological polar surface area (TPSA) is 78.9 Å². The Morgan fingerprint density at radius 2 is 0.647 bits per heavy atom. The third-order valence-electron chi connectivity index (χ3n) is 11.6. The van der Waals surface area contributed by atoms with E-state index >= 15 is 0 Å². The van der Waals surface area contributed by atoms with E-state index < -0.39 is 6.10 Å². The van der Waals surface area contributed by atoms with Crippen LogP contribution in [-0.4, -0.2) is 37.2 Å². The van der Waals surface area contributed by atoms with Gasteiger partial charge in [0, 0.05) is 19.3 Å². The Balaban J connectivity index is 4.47. The maximum Gasteiger partial charge on any atom is 0.306 e. The van der Waals surface area contributed by atoms with Gasteiger partial charge in [-0.15, -0.1) is 0 Å². The number of ether oxygens (including phenoxy) is 3. The summed E-state index contributed by atoms with van der Waals surface area (Å²) in [5.41, 5.74) is 0. The van der Waals surface area contributed by atoms with Gasteiger partial charge in [0.1, 0.15) is 13.2 Å². The maximum absolute atomic E-state index is 12.8. The molecule has 0 bridgehead atoms. The summed E-state index contributed by atoms with van der Waals surface area (Å²) in [7, 11) is 0. The summed E-state index contributed by atoms with van der Waals surface area (Å²) in [4.78, 5) is 38.1. The van der Waals surface area contributed by atoms with Crippen molar-refractivity contribution in [2.45, 2.75) is 252 Å². The second-order valence-corrected chi connectivity index (χ2v) is 18.2. The summed E-state index contributed by atoms with van der Waals surface area (Å²) < 4.78 is 16.8. The number of hydrogen-bond donors (Lipinski definition) is 0. The molecule has 0 aliphatic carbocycles. The molecule has 1 atom stereocenters. The van der Waals surface area contributed by atoms with E-state index in [-0.39, 0.29) is 31.1 Å². The van der Waals surface area contributed by atoms with Crippen LogP contribution in [-0.2, 0) is 28.6 Å². The first-order valence-electron chi connectivity index (χ1n) is 28.0. The lowest BCUT2D eigenvalue weighted by atomic mass is 10.1. The van der Waals surface area contributed by atoms with Crippen LogP contribution in [0.2, 0.25) is 0 Å². The van der Waals surface area contributed by atoms with Gasteiger partial charge < -0.3 is 14.2 Å². The molecule has 0 aromatic rings. The highest BCUT2D eigenvalue weighted by atomic mass is 16.6. The number of rotatable bonds is 49. The van der Waals surface area contributed by atoms with Crippen LogP contribution >= 0.6 is 0 Å². The Labute approximate surface area is 419 Å². The molecular formula is C62H102O6. The van der Waals surface area contributed by atoms with Gasteiger partial charge in [-0.25, -0.2) is 0 Å². The summed E-state index contributed by atoms with van der Waals surface area (Å²) in [6.07, 6.45) is 75.0. The molecule has 0 aliphatic rings. The standard InChI is InChI=1S/C62H102O6/c1-4-7-10-13-16-19-22-25-28-30-31-32-35-37-40-43-46-49-52-55-61(64)67-58-59(57-66-60(63)54-51-48-45-42-39-36-33-27-24-21-18-15-12-9-6-3)68-62(65)56-53-50-47-44-41-38-34-29-26-23-20-17-14-11-8-5-2/h7,9-10,12,15-16,18-19,21,24-25,27-29,33-34,36,39,59H,4-6,8,11,13-14,17,20,22-23,26,30-32,35,37-38,40-58H2,1-3H3/b10-7-,12-9-,18-15-,19-16-,24-21-,28-25-,33-27-,34-29-,39-36-. The quantitative estimate of drug-likeness (QED) is 0.0199. The van der Waals surface area contributed by atoms with Gasteiger partial charge in [0.25, 0.3) is 0 Å². The third kappa shape index (κ3) is 53.0. The molecule has 0 heterocycles. The van der Waals surface area contributed by atoms with Crippen molar-refractivity contribution in [3.8, 4) is 0 Å². The molecule has 0 saturated heterocycles. The molecule has 68 heavy (non-hydrogen) atoms. The van der Waals surface area contributed by atoms with E-state index in [1.54, 1.807) is 0 Å². The molecule has 6 nitrogen and oxygen atoms in total. The molecule has 0 amide bonds. The van der Waals surface area contributed by atoms with Gasteiger partial charge in [0.15, 0.2) is 6.10 Å². The normalized spacial score (nSPS) is 12.9. The second-order valence-electron chi connectivity index (χ2n) is 18.2. The van der Waals surface area contributed by atoms with Gasteiger partial charge >= 0.3 is 17.9 Å². The lowest BCUT2D eigenvalue weighted by Gasteiger charge is -2.18. The summed E-state index contributed by atoms with van der Waals surface area (Å²) >= 11 is 0. The number of carbonyl (C=O) groups is 3. The van der Waals surface area contributed by atoms with E-state index in [1.165, 1.54) is 103 Å². The summed E-state index contributed by atoms with van der Waals surface area (Å²) in [6.45, 7) is 6.34. The molecule has 0 aromatic carbocycles. The molecule has 0 radical (unpaired) electrons. The zero-order chi connectivity index (χ0) is 49.3. The monoisotopic (exact) mass is 943 g/mol. The molecule has 6 heteroatoms. The van der Waals surface area contributed by atoms with Gasteiger partial charge in [-0.05, 0) is 96.3 Å². The van der Waals surface area contributed by atoms with Crippen LogP contribution in [0.4, 0.5) is 0 Å². The first-order valence-corrected chi connectivity index (χ1v) is 28.0. The fraction of sp³-hybridized carbons (Fsp3) is 0.661. The van der Waals surface area contributed by atoms with E-state index in [0.29, 0.717) is 19.3 Å². The van der Waals surface area contributed by atoms with E-state index in [9.17, 15) is 14.4 Å². The van der Waals surface area contributed by atoms with Crippen LogP contribution in [0.5, 0.6) is 0 Å². The zero-order valence-corrected chi connectivity index (χ0v) is 44.1. The Morgan fingerprint density at radius 3 is 1.10 bits per heavy atom. The minimum Gasteiger partial charge on any atom is -0.462 e. The SMILES string of the molecule is CC\C=C/C=C\C=C/C=C\C=C/CCCCCC(=O)OCC(COC(=O)CCCCCCCCCCC/C=C\C/C=C\C/C=C\CC)OC(=O)CCCCCCC/C=C\CCCCCCCCC. The fourth-order valence-electron chi connectivity index (χ4n) is 7.47. The number of hydrogen-bond acceptors (Lipinski definition) is 6.